The molecule has 0 amide bonds. The number of fused-ring (bicyclic) bond motifs is 1. The summed E-state index contributed by atoms with van der Waals surface area (Å²) >= 11 is 0. The van der Waals surface area contributed by atoms with Gasteiger partial charge in [-0.05, 0) is 18.6 Å². The zero-order valence-corrected chi connectivity index (χ0v) is 9.01. The van der Waals surface area contributed by atoms with Gasteiger partial charge in [-0.15, -0.1) is 0 Å². The molecule has 1 nitrogen and oxygen atoms in total. The first-order valence-corrected chi connectivity index (χ1v) is 5.17. The molecule has 2 aromatic rings. The molecule has 0 aliphatic heterocycles. The molecule has 0 aliphatic carbocycles. The predicted molar refractivity (Wildman–Crippen MR) is 67.0 cm³/mol. The number of nitrogens with one attached hydrogen (secondary N) is 1. The SMILES string of the molecule is C=C(/C=c1/[nH]c2ccccc2c1=C)CC. The Morgan fingerprint density at radius 1 is 1.40 bits per heavy atom. The van der Waals surface area contributed by atoms with Crippen molar-refractivity contribution in [3.05, 3.63) is 47.0 Å². The zero-order chi connectivity index (χ0) is 10.8. The second-order valence-corrected chi connectivity index (χ2v) is 3.72. The first-order valence-electron chi connectivity index (χ1n) is 5.17. The third kappa shape index (κ3) is 1.73. The summed E-state index contributed by atoms with van der Waals surface area (Å²) in [6.45, 7) is 10.2. The van der Waals surface area contributed by atoms with Crippen molar-refractivity contribution in [1.29, 1.82) is 0 Å². The molecule has 1 aromatic heterocycles. The maximum atomic E-state index is 4.09. The van der Waals surface area contributed by atoms with Crippen LogP contribution in [0, 0.1) is 0 Å². The summed E-state index contributed by atoms with van der Waals surface area (Å²) < 4.78 is 0. The molecule has 1 heteroatoms. The number of allylic oxidation sites excluding steroid dienone is 1. The van der Waals surface area contributed by atoms with Gasteiger partial charge in [0, 0.05) is 21.5 Å². The maximum absolute atomic E-state index is 4.09. The van der Waals surface area contributed by atoms with Crippen molar-refractivity contribution < 1.29 is 0 Å². The molecule has 0 saturated carbocycles. The lowest BCUT2D eigenvalue weighted by molar-refractivity contribution is 1.17. The quantitative estimate of drug-likeness (QED) is 0.760. The fourth-order valence-electron chi connectivity index (χ4n) is 1.65. The lowest BCUT2D eigenvalue weighted by Gasteiger charge is -1.88. The van der Waals surface area contributed by atoms with Gasteiger partial charge in [-0.3, -0.25) is 0 Å². The van der Waals surface area contributed by atoms with Gasteiger partial charge in [0.1, 0.15) is 0 Å². The Bertz CT molecular complexity index is 602. The molecule has 1 heterocycles. The highest BCUT2D eigenvalue weighted by atomic mass is 14.7. The van der Waals surface area contributed by atoms with Crippen LogP contribution < -0.4 is 10.6 Å². The van der Waals surface area contributed by atoms with Crippen LogP contribution in [0.1, 0.15) is 13.3 Å². The van der Waals surface area contributed by atoms with E-state index in [1.165, 1.54) is 5.39 Å². The largest absolute Gasteiger partial charge is 0.355 e. The molecule has 0 bridgehead atoms. The van der Waals surface area contributed by atoms with Crippen LogP contribution in [0.5, 0.6) is 0 Å². The average Bonchev–Trinajstić information content (AvgIpc) is 2.57. The zero-order valence-electron chi connectivity index (χ0n) is 9.01. The van der Waals surface area contributed by atoms with Gasteiger partial charge < -0.3 is 4.98 Å². The summed E-state index contributed by atoms with van der Waals surface area (Å²) in [6.07, 6.45) is 3.04. The number of aromatic amines is 1. The summed E-state index contributed by atoms with van der Waals surface area (Å²) in [7, 11) is 0. The van der Waals surface area contributed by atoms with Crippen LogP contribution in [0.2, 0.25) is 0 Å². The molecule has 0 fully saturated rings. The number of para-hydroxylation sites is 1. The molecule has 15 heavy (non-hydrogen) atoms. The highest BCUT2D eigenvalue weighted by molar-refractivity contribution is 5.80. The molecule has 2 rings (SSSR count). The molecule has 0 radical (unpaired) electrons. The maximum Gasteiger partial charge on any atom is 0.0464 e. The Morgan fingerprint density at radius 2 is 2.13 bits per heavy atom. The standard InChI is InChI=1S/C14H15N/c1-4-10(2)9-14-11(3)12-7-5-6-8-13(12)15-14/h5-9,15H,2-4H2,1H3/b14-9+. The Hall–Kier alpha value is -1.76. The van der Waals surface area contributed by atoms with E-state index >= 15 is 0 Å². The van der Waals surface area contributed by atoms with Crippen molar-refractivity contribution >= 4 is 23.6 Å². The van der Waals surface area contributed by atoms with E-state index in [0.29, 0.717) is 0 Å². The van der Waals surface area contributed by atoms with Crippen molar-refractivity contribution in [3.63, 3.8) is 0 Å². The summed E-state index contributed by atoms with van der Waals surface area (Å²) in [5.74, 6) is 0. The van der Waals surface area contributed by atoms with Gasteiger partial charge in [-0.25, -0.2) is 0 Å². The highest BCUT2D eigenvalue weighted by Crippen LogP contribution is 2.03. The van der Waals surface area contributed by atoms with Gasteiger partial charge >= 0.3 is 0 Å². The Morgan fingerprint density at radius 3 is 2.80 bits per heavy atom. The highest BCUT2D eigenvalue weighted by Gasteiger charge is 1.96. The van der Waals surface area contributed by atoms with Crippen LogP contribution in [0.4, 0.5) is 0 Å². The van der Waals surface area contributed by atoms with E-state index < -0.39 is 0 Å². The molecule has 1 N–H and O–H groups in total. The third-order valence-corrected chi connectivity index (χ3v) is 2.65. The van der Waals surface area contributed by atoms with Crippen LogP contribution in [0.25, 0.3) is 23.6 Å². The van der Waals surface area contributed by atoms with Crippen LogP contribution >= 0.6 is 0 Å². The lowest BCUT2D eigenvalue weighted by Crippen LogP contribution is -2.20. The first-order chi connectivity index (χ1) is 7.22. The molecular formula is C14H15N. The minimum atomic E-state index is 0.967. The second-order valence-electron chi connectivity index (χ2n) is 3.72. The van der Waals surface area contributed by atoms with Gasteiger partial charge in [0.2, 0.25) is 0 Å². The van der Waals surface area contributed by atoms with Crippen molar-refractivity contribution in [3.8, 4) is 0 Å². The second kappa shape index (κ2) is 3.77. The number of hydrogen-bond acceptors (Lipinski definition) is 0. The smallest absolute Gasteiger partial charge is 0.0464 e. The summed E-state index contributed by atoms with van der Waals surface area (Å²) in [5.41, 5.74) is 2.25. The summed E-state index contributed by atoms with van der Waals surface area (Å²) in [5, 5.41) is 3.32. The fraction of sp³-hybridized carbons (Fsp3) is 0.143. The number of hydrogen-bond donors (Lipinski definition) is 1. The van der Waals surface area contributed by atoms with E-state index in [2.05, 4.69) is 43.3 Å². The van der Waals surface area contributed by atoms with E-state index in [4.69, 9.17) is 0 Å². The van der Waals surface area contributed by atoms with Gasteiger partial charge in [-0.1, -0.05) is 43.9 Å². The normalized spacial score (nSPS) is 12.2. The predicted octanol–water partition coefficient (Wildman–Crippen LogP) is 2.32. The molecule has 76 valence electrons. The average molecular weight is 197 g/mol. The van der Waals surface area contributed by atoms with E-state index in [1.807, 2.05) is 12.1 Å². The molecular weight excluding hydrogens is 182 g/mol. The van der Waals surface area contributed by atoms with Gasteiger partial charge in [0.25, 0.3) is 0 Å². The van der Waals surface area contributed by atoms with E-state index in [1.54, 1.807) is 0 Å². The van der Waals surface area contributed by atoms with Gasteiger partial charge in [0.15, 0.2) is 0 Å². The fourth-order valence-corrected chi connectivity index (χ4v) is 1.65. The van der Waals surface area contributed by atoms with Crippen LogP contribution in [-0.2, 0) is 0 Å². The third-order valence-electron chi connectivity index (χ3n) is 2.65. The topological polar surface area (TPSA) is 15.8 Å². The Balaban J connectivity index is 2.74. The monoisotopic (exact) mass is 197 g/mol. The van der Waals surface area contributed by atoms with Gasteiger partial charge in [0.05, 0.1) is 0 Å². The number of H-pyrrole nitrogens is 1. The summed E-state index contributed by atoms with van der Waals surface area (Å²) in [4.78, 5) is 3.35. The van der Waals surface area contributed by atoms with Crippen molar-refractivity contribution in [2.24, 2.45) is 0 Å². The van der Waals surface area contributed by atoms with Gasteiger partial charge in [-0.2, -0.15) is 0 Å². The minimum absolute atomic E-state index is 0.967. The van der Waals surface area contributed by atoms with Crippen LogP contribution in [0.15, 0.2) is 36.4 Å². The molecule has 1 aromatic carbocycles. The van der Waals surface area contributed by atoms with Crippen LogP contribution in [0.3, 0.4) is 0 Å². The van der Waals surface area contributed by atoms with Crippen molar-refractivity contribution in [1.82, 2.24) is 4.98 Å². The van der Waals surface area contributed by atoms with Crippen LogP contribution in [-0.4, -0.2) is 4.98 Å². The summed E-state index contributed by atoms with van der Waals surface area (Å²) in [6, 6.07) is 8.20. The number of benzene rings is 1. The first kappa shape index (κ1) is 9.78. The van der Waals surface area contributed by atoms with E-state index in [0.717, 1.165) is 28.1 Å². The number of rotatable bonds is 2. The molecule has 0 spiro atoms. The number of aromatic nitrogens is 1. The van der Waals surface area contributed by atoms with Crippen molar-refractivity contribution in [2.45, 2.75) is 13.3 Å². The van der Waals surface area contributed by atoms with E-state index in [9.17, 15) is 0 Å². The van der Waals surface area contributed by atoms with Crippen molar-refractivity contribution in [2.75, 3.05) is 0 Å². The lowest BCUT2D eigenvalue weighted by atomic mass is 10.2. The molecule has 0 unspecified atom stereocenters. The minimum Gasteiger partial charge on any atom is -0.355 e. The molecule has 0 aliphatic rings. The Kier molecular flexibility index (Phi) is 2.46. The molecule has 0 atom stereocenters. The Labute approximate surface area is 89.4 Å². The molecule has 0 saturated heterocycles. The van der Waals surface area contributed by atoms with E-state index in [-0.39, 0.29) is 0 Å².